The zero-order valence-corrected chi connectivity index (χ0v) is 11.7. The van der Waals surface area contributed by atoms with Gasteiger partial charge in [-0.1, -0.05) is 60.7 Å². The third-order valence-corrected chi connectivity index (χ3v) is 3.93. The van der Waals surface area contributed by atoms with Crippen LogP contribution in [0.2, 0.25) is 0 Å². The third-order valence-electron chi connectivity index (χ3n) is 3.93. The van der Waals surface area contributed by atoms with Crippen molar-refractivity contribution < 1.29 is 0 Å². The Bertz CT molecular complexity index is 814. The molecule has 0 spiro atoms. The Kier molecular flexibility index (Phi) is 2.93. The molecule has 0 amide bonds. The van der Waals surface area contributed by atoms with Gasteiger partial charge in [-0.2, -0.15) is 0 Å². The highest BCUT2D eigenvalue weighted by atomic mass is 15.0. The average Bonchev–Trinajstić information content (AvgIpc) is 2.89. The van der Waals surface area contributed by atoms with Crippen molar-refractivity contribution in [1.82, 2.24) is 0 Å². The van der Waals surface area contributed by atoms with Gasteiger partial charge in [-0.15, -0.1) is 0 Å². The molecule has 0 unspecified atom stereocenters. The van der Waals surface area contributed by atoms with Crippen LogP contribution in [-0.4, -0.2) is 12.4 Å². The highest BCUT2D eigenvalue weighted by Gasteiger charge is 2.18. The van der Waals surface area contributed by atoms with E-state index in [2.05, 4.69) is 66.0 Å². The Morgan fingerprint density at radius 1 is 0.810 bits per heavy atom. The predicted molar refractivity (Wildman–Crippen MR) is 89.1 cm³/mol. The van der Waals surface area contributed by atoms with Crippen LogP contribution in [0.3, 0.4) is 0 Å². The van der Waals surface area contributed by atoms with Crippen LogP contribution in [0.1, 0.15) is 11.1 Å². The molecular weight excluding hydrogens is 256 g/mol. The second kappa shape index (κ2) is 5.06. The lowest BCUT2D eigenvalue weighted by Crippen LogP contribution is -2.08. The molecule has 2 nitrogen and oxygen atoms in total. The van der Waals surface area contributed by atoms with Crippen LogP contribution in [0, 0.1) is 0 Å². The van der Waals surface area contributed by atoms with Crippen molar-refractivity contribution in [1.29, 1.82) is 0 Å². The normalized spacial score (nSPS) is 14.6. The monoisotopic (exact) mass is 272 g/mol. The minimum atomic E-state index is 0.802. The van der Waals surface area contributed by atoms with Gasteiger partial charge in [-0.05, 0) is 23.4 Å². The number of nitrogens with zero attached hydrogens (tertiary/aromatic N) is 1. The standard InChI is InChI=1S/C19H16N2/c1-2-6-14(7-3-1)12-13-20-19-16-10-4-8-15-9-5-11-17(21-19)18(15)16/h1-11H,12-13H2,(H,20,21). The topological polar surface area (TPSA) is 24.4 Å². The zero-order valence-electron chi connectivity index (χ0n) is 11.7. The zero-order chi connectivity index (χ0) is 14.1. The number of hydrogen-bond acceptors (Lipinski definition) is 1. The van der Waals surface area contributed by atoms with Crippen molar-refractivity contribution in [2.75, 3.05) is 11.9 Å². The molecule has 1 heterocycles. The Labute approximate surface area is 124 Å². The van der Waals surface area contributed by atoms with Crippen molar-refractivity contribution >= 4 is 22.3 Å². The van der Waals surface area contributed by atoms with E-state index < -0.39 is 0 Å². The maximum atomic E-state index is 4.76. The van der Waals surface area contributed by atoms with Crippen LogP contribution in [0.25, 0.3) is 10.8 Å². The summed E-state index contributed by atoms with van der Waals surface area (Å²) in [5.74, 6) is 0.998. The van der Waals surface area contributed by atoms with Crippen LogP contribution in [-0.2, 0) is 6.42 Å². The number of anilines is 1. The van der Waals surface area contributed by atoms with E-state index in [0.717, 1.165) is 18.8 Å². The van der Waals surface area contributed by atoms with E-state index in [1.165, 1.54) is 27.6 Å². The fourth-order valence-corrected chi connectivity index (χ4v) is 2.90. The summed E-state index contributed by atoms with van der Waals surface area (Å²) >= 11 is 0. The summed E-state index contributed by atoms with van der Waals surface area (Å²) in [6.45, 7) is 0.802. The molecule has 0 saturated carbocycles. The first kappa shape index (κ1) is 12.2. The minimum absolute atomic E-state index is 0.802. The van der Waals surface area contributed by atoms with E-state index in [1.54, 1.807) is 0 Å². The quantitative estimate of drug-likeness (QED) is 0.757. The van der Waals surface area contributed by atoms with Crippen LogP contribution < -0.4 is 5.32 Å². The molecule has 0 atom stereocenters. The van der Waals surface area contributed by atoms with Crippen molar-refractivity contribution in [3.63, 3.8) is 0 Å². The first-order chi connectivity index (χ1) is 10.4. The maximum absolute atomic E-state index is 4.76. The van der Waals surface area contributed by atoms with E-state index in [1.807, 2.05) is 6.07 Å². The molecule has 0 bridgehead atoms. The summed E-state index contributed by atoms with van der Waals surface area (Å²) in [6.07, 6.45) is 0.971. The van der Waals surface area contributed by atoms with Crippen LogP contribution in [0.5, 0.6) is 0 Å². The summed E-state index contributed by atoms with van der Waals surface area (Å²) in [6, 6.07) is 23.2. The van der Waals surface area contributed by atoms with E-state index in [0.29, 0.717) is 0 Å². The van der Waals surface area contributed by atoms with Crippen LogP contribution >= 0.6 is 0 Å². The fraction of sp³-hybridized carbons (Fsp3) is 0.105. The van der Waals surface area contributed by atoms with Gasteiger partial charge in [-0.3, -0.25) is 4.99 Å². The molecule has 0 aromatic heterocycles. The molecule has 2 heteroatoms. The molecule has 1 aliphatic heterocycles. The summed E-state index contributed by atoms with van der Waals surface area (Å²) in [5.41, 5.74) is 3.72. The Hall–Kier alpha value is -2.61. The first-order valence-corrected chi connectivity index (χ1v) is 7.29. The molecule has 1 aliphatic rings. The average molecular weight is 272 g/mol. The van der Waals surface area contributed by atoms with Crippen molar-refractivity contribution in [2.24, 2.45) is 4.99 Å². The van der Waals surface area contributed by atoms with Gasteiger partial charge in [0.05, 0.1) is 0 Å². The van der Waals surface area contributed by atoms with E-state index in [9.17, 15) is 0 Å². The van der Waals surface area contributed by atoms with Crippen LogP contribution in [0.4, 0.5) is 5.69 Å². The molecule has 0 radical (unpaired) electrons. The number of amidine groups is 1. The molecule has 4 rings (SSSR count). The second-order valence-electron chi connectivity index (χ2n) is 5.30. The lowest BCUT2D eigenvalue weighted by Gasteiger charge is -2.02. The van der Waals surface area contributed by atoms with Gasteiger partial charge < -0.3 is 5.32 Å². The lowest BCUT2D eigenvalue weighted by molar-refractivity contribution is 0.969. The Balaban J connectivity index is 1.61. The first-order valence-electron chi connectivity index (χ1n) is 7.29. The van der Waals surface area contributed by atoms with Gasteiger partial charge in [0.25, 0.3) is 0 Å². The minimum Gasteiger partial charge on any atom is -0.339 e. The number of hydrogen-bond donors (Lipinski definition) is 1. The van der Waals surface area contributed by atoms with Gasteiger partial charge >= 0.3 is 0 Å². The van der Waals surface area contributed by atoms with Gasteiger partial charge in [0, 0.05) is 23.2 Å². The van der Waals surface area contributed by atoms with E-state index in [-0.39, 0.29) is 0 Å². The molecular formula is C19H16N2. The predicted octanol–water partition coefficient (Wildman–Crippen LogP) is 4.25. The highest BCUT2D eigenvalue weighted by molar-refractivity contribution is 6.25. The molecule has 0 aliphatic carbocycles. The second-order valence-corrected chi connectivity index (χ2v) is 5.30. The summed E-state index contributed by atoms with van der Waals surface area (Å²) in [7, 11) is 0. The molecule has 0 fully saturated rings. The maximum Gasteiger partial charge on any atom is 0.133 e. The summed E-state index contributed by atoms with van der Waals surface area (Å²) < 4.78 is 0. The smallest absolute Gasteiger partial charge is 0.133 e. The van der Waals surface area contributed by atoms with Crippen molar-refractivity contribution in [3.8, 4) is 0 Å². The Morgan fingerprint density at radius 2 is 1.62 bits per heavy atom. The molecule has 102 valence electrons. The SMILES string of the molecule is c1ccc(CCN=C2Nc3cccc4cccc2c34)cc1. The van der Waals surface area contributed by atoms with Gasteiger partial charge in [0.15, 0.2) is 0 Å². The molecule has 3 aromatic carbocycles. The van der Waals surface area contributed by atoms with E-state index >= 15 is 0 Å². The van der Waals surface area contributed by atoms with Gasteiger partial charge in [-0.25, -0.2) is 0 Å². The fourth-order valence-electron chi connectivity index (χ4n) is 2.90. The third kappa shape index (κ3) is 2.19. The van der Waals surface area contributed by atoms with Gasteiger partial charge in [0.1, 0.15) is 5.84 Å². The van der Waals surface area contributed by atoms with Crippen molar-refractivity contribution in [3.05, 3.63) is 77.9 Å². The largest absolute Gasteiger partial charge is 0.339 e. The summed E-state index contributed by atoms with van der Waals surface area (Å²) in [5, 5.41) is 6.00. The molecule has 0 saturated heterocycles. The highest BCUT2D eigenvalue weighted by Crippen LogP contribution is 2.32. The molecule has 1 N–H and O–H groups in total. The lowest BCUT2D eigenvalue weighted by atomic mass is 10.1. The molecule has 3 aromatic rings. The van der Waals surface area contributed by atoms with Crippen LogP contribution in [0.15, 0.2) is 71.7 Å². The van der Waals surface area contributed by atoms with Gasteiger partial charge in [0.2, 0.25) is 0 Å². The summed E-state index contributed by atoms with van der Waals surface area (Å²) in [4.78, 5) is 4.76. The number of aliphatic imine (C=N–C) groups is 1. The van der Waals surface area contributed by atoms with E-state index in [4.69, 9.17) is 4.99 Å². The molecule has 21 heavy (non-hydrogen) atoms. The Morgan fingerprint density at radius 3 is 2.48 bits per heavy atom. The number of rotatable bonds is 3. The number of benzene rings is 3. The number of nitrogens with one attached hydrogen (secondary N) is 1. The van der Waals surface area contributed by atoms with Crippen molar-refractivity contribution in [2.45, 2.75) is 6.42 Å².